The van der Waals surface area contributed by atoms with Gasteiger partial charge in [-0.1, -0.05) is 29.8 Å². The summed E-state index contributed by atoms with van der Waals surface area (Å²) in [5, 5.41) is 4.93. The molecule has 1 fully saturated rings. The molecule has 108 valence electrons. The van der Waals surface area contributed by atoms with Crippen LogP contribution in [0.15, 0.2) is 35.2 Å². The summed E-state index contributed by atoms with van der Waals surface area (Å²) in [7, 11) is 0. The van der Waals surface area contributed by atoms with Crippen LogP contribution in [0.5, 0.6) is 0 Å². The van der Waals surface area contributed by atoms with Crippen LogP contribution >= 0.6 is 22.9 Å². The molecule has 3 rings (SSSR count). The molecule has 0 saturated carbocycles. The maximum atomic E-state index is 12.5. The van der Waals surface area contributed by atoms with E-state index < -0.39 is 6.04 Å². The van der Waals surface area contributed by atoms with E-state index in [1.165, 1.54) is 16.2 Å². The number of nitrogens with one attached hydrogen (secondary N) is 1. The van der Waals surface area contributed by atoms with Crippen molar-refractivity contribution in [3.05, 3.63) is 51.4 Å². The molecule has 0 radical (unpaired) electrons. The Morgan fingerprint density at radius 2 is 2.24 bits per heavy atom. The molecule has 5 nitrogen and oxygen atoms in total. The number of nitrogens with zero attached hydrogens (tertiary/aromatic N) is 2. The van der Waals surface area contributed by atoms with Crippen LogP contribution in [0.1, 0.15) is 22.1 Å². The van der Waals surface area contributed by atoms with Crippen LogP contribution in [0.2, 0.25) is 5.02 Å². The van der Waals surface area contributed by atoms with E-state index in [2.05, 4.69) is 10.3 Å². The molecule has 2 aromatic rings. The third-order valence-corrected chi connectivity index (χ3v) is 4.25. The van der Waals surface area contributed by atoms with E-state index in [1.54, 1.807) is 35.2 Å². The van der Waals surface area contributed by atoms with Crippen molar-refractivity contribution in [3.63, 3.8) is 0 Å². The predicted octanol–water partition coefficient (Wildman–Crippen LogP) is 2.11. The lowest BCUT2D eigenvalue weighted by molar-refractivity contribution is -0.128. The highest BCUT2D eigenvalue weighted by Gasteiger charge is 2.36. The fourth-order valence-corrected chi connectivity index (χ4v) is 3.12. The normalized spacial score (nSPS) is 18.4. The lowest BCUT2D eigenvalue weighted by atomic mass is 10.0. The lowest BCUT2D eigenvalue weighted by Gasteiger charge is -2.35. The van der Waals surface area contributed by atoms with Crippen LogP contribution in [0.25, 0.3) is 0 Å². The predicted molar refractivity (Wildman–Crippen MR) is 80.4 cm³/mol. The van der Waals surface area contributed by atoms with Crippen molar-refractivity contribution in [1.82, 2.24) is 15.2 Å². The summed E-state index contributed by atoms with van der Waals surface area (Å²) in [6, 6.07) is 6.35. The maximum absolute atomic E-state index is 12.5. The molecule has 0 bridgehead atoms. The molecule has 1 aliphatic rings. The largest absolute Gasteiger partial charge is 0.352 e. The van der Waals surface area contributed by atoms with Gasteiger partial charge in [-0.05, 0) is 6.07 Å². The third-order valence-electron chi connectivity index (χ3n) is 3.32. The molecule has 1 aliphatic heterocycles. The third kappa shape index (κ3) is 2.64. The van der Waals surface area contributed by atoms with Gasteiger partial charge in [0.2, 0.25) is 5.91 Å². The summed E-state index contributed by atoms with van der Waals surface area (Å²) in [6.07, 6.45) is 0. The van der Waals surface area contributed by atoms with Crippen molar-refractivity contribution in [2.75, 3.05) is 13.1 Å². The Kier molecular flexibility index (Phi) is 3.90. The smallest absolute Gasteiger partial charge is 0.274 e. The molecular formula is C14H12ClN3O2S. The van der Waals surface area contributed by atoms with E-state index >= 15 is 0 Å². The summed E-state index contributed by atoms with van der Waals surface area (Å²) in [5.74, 6) is -0.478. The van der Waals surface area contributed by atoms with Crippen LogP contribution < -0.4 is 5.32 Å². The second-order valence-electron chi connectivity index (χ2n) is 4.59. The van der Waals surface area contributed by atoms with Gasteiger partial charge >= 0.3 is 0 Å². The van der Waals surface area contributed by atoms with E-state index in [0.717, 1.165) is 0 Å². The number of aromatic nitrogens is 1. The van der Waals surface area contributed by atoms with Crippen molar-refractivity contribution in [1.29, 1.82) is 0 Å². The molecule has 1 aromatic carbocycles. The molecule has 0 unspecified atom stereocenters. The zero-order valence-corrected chi connectivity index (χ0v) is 12.5. The topological polar surface area (TPSA) is 62.3 Å². The molecule has 0 aliphatic carbocycles. The number of hydrogen-bond donors (Lipinski definition) is 1. The number of carbonyl (C=O) groups excluding carboxylic acids is 2. The highest BCUT2D eigenvalue weighted by Crippen LogP contribution is 2.30. The van der Waals surface area contributed by atoms with Crippen LogP contribution in [-0.4, -0.2) is 34.8 Å². The van der Waals surface area contributed by atoms with Gasteiger partial charge in [0.1, 0.15) is 11.7 Å². The van der Waals surface area contributed by atoms with Gasteiger partial charge in [0.05, 0.1) is 5.51 Å². The summed E-state index contributed by atoms with van der Waals surface area (Å²) in [4.78, 5) is 30.4. The van der Waals surface area contributed by atoms with Crippen LogP contribution in [-0.2, 0) is 4.79 Å². The Labute approximate surface area is 130 Å². The minimum absolute atomic E-state index is 0.224. The molecule has 1 atom stereocenters. The Balaban J connectivity index is 1.99. The van der Waals surface area contributed by atoms with E-state index in [4.69, 9.17) is 11.6 Å². The van der Waals surface area contributed by atoms with E-state index in [9.17, 15) is 9.59 Å². The first-order valence-corrected chi connectivity index (χ1v) is 7.72. The Morgan fingerprint density at radius 1 is 1.43 bits per heavy atom. The van der Waals surface area contributed by atoms with Crippen molar-refractivity contribution in [2.24, 2.45) is 0 Å². The highest BCUT2D eigenvalue weighted by atomic mass is 35.5. The summed E-state index contributed by atoms with van der Waals surface area (Å²) < 4.78 is 0. The Morgan fingerprint density at radius 3 is 2.95 bits per heavy atom. The Bertz CT molecular complexity index is 675. The number of thiazole rings is 1. The fraction of sp³-hybridized carbons (Fsp3) is 0.214. The zero-order chi connectivity index (χ0) is 14.8. The number of amides is 2. The maximum Gasteiger partial charge on any atom is 0.274 e. The van der Waals surface area contributed by atoms with E-state index in [0.29, 0.717) is 29.4 Å². The lowest BCUT2D eigenvalue weighted by Crippen LogP contribution is -2.52. The number of benzene rings is 1. The minimum Gasteiger partial charge on any atom is -0.352 e. The first kappa shape index (κ1) is 14.0. The molecule has 7 heteroatoms. The van der Waals surface area contributed by atoms with Crippen LogP contribution in [0.4, 0.5) is 0 Å². The van der Waals surface area contributed by atoms with Crippen molar-refractivity contribution in [3.8, 4) is 0 Å². The molecule has 0 spiro atoms. The number of piperazine rings is 1. The molecular weight excluding hydrogens is 310 g/mol. The highest BCUT2D eigenvalue weighted by molar-refractivity contribution is 7.07. The van der Waals surface area contributed by atoms with Crippen molar-refractivity contribution < 1.29 is 9.59 Å². The van der Waals surface area contributed by atoms with Crippen LogP contribution in [0.3, 0.4) is 0 Å². The van der Waals surface area contributed by atoms with E-state index in [-0.39, 0.29) is 11.8 Å². The number of rotatable bonds is 2. The molecule has 1 saturated heterocycles. The molecule has 1 aromatic heterocycles. The minimum atomic E-state index is -0.721. The van der Waals surface area contributed by atoms with Gasteiger partial charge < -0.3 is 10.2 Å². The second kappa shape index (κ2) is 5.83. The SMILES string of the molecule is O=C1NCCN(C(=O)c2cscn2)[C@H]1c1ccccc1Cl. The van der Waals surface area contributed by atoms with Gasteiger partial charge in [-0.15, -0.1) is 11.3 Å². The Hall–Kier alpha value is -1.92. The number of carbonyl (C=O) groups is 2. The van der Waals surface area contributed by atoms with Gasteiger partial charge in [0, 0.05) is 29.1 Å². The average molecular weight is 322 g/mol. The second-order valence-corrected chi connectivity index (χ2v) is 5.71. The standard InChI is InChI=1S/C14H12ClN3O2S/c15-10-4-2-1-3-9(10)12-13(19)16-5-6-18(12)14(20)11-7-21-8-17-11/h1-4,7-8,12H,5-6H2,(H,16,19)/t12-/m0/s1. The van der Waals surface area contributed by atoms with Crippen molar-refractivity contribution in [2.45, 2.75) is 6.04 Å². The zero-order valence-electron chi connectivity index (χ0n) is 11.0. The quantitative estimate of drug-likeness (QED) is 0.921. The first-order valence-electron chi connectivity index (χ1n) is 6.40. The summed E-state index contributed by atoms with van der Waals surface area (Å²) >= 11 is 7.53. The van der Waals surface area contributed by atoms with Gasteiger partial charge in [-0.3, -0.25) is 9.59 Å². The van der Waals surface area contributed by atoms with Gasteiger partial charge in [-0.2, -0.15) is 0 Å². The van der Waals surface area contributed by atoms with Gasteiger partial charge in [0.25, 0.3) is 5.91 Å². The molecule has 2 amide bonds. The fourth-order valence-electron chi connectivity index (χ4n) is 2.36. The first-order chi connectivity index (χ1) is 10.2. The molecule has 21 heavy (non-hydrogen) atoms. The number of halogens is 1. The van der Waals surface area contributed by atoms with Crippen LogP contribution in [0, 0.1) is 0 Å². The monoisotopic (exact) mass is 321 g/mol. The van der Waals surface area contributed by atoms with Gasteiger partial charge in [-0.25, -0.2) is 4.98 Å². The van der Waals surface area contributed by atoms with E-state index in [1.807, 2.05) is 0 Å². The molecule has 1 N–H and O–H groups in total. The summed E-state index contributed by atoms with van der Waals surface area (Å²) in [6.45, 7) is 0.855. The van der Waals surface area contributed by atoms with Gasteiger partial charge in [0.15, 0.2) is 0 Å². The average Bonchev–Trinajstić information content (AvgIpc) is 3.01. The summed E-state index contributed by atoms with van der Waals surface area (Å²) in [5.41, 5.74) is 2.58. The molecule has 2 heterocycles. The number of hydrogen-bond acceptors (Lipinski definition) is 4. The van der Waals surface area contributed by atoms with Crippen molar-refractivity contribution >= 4 is 34.8 Å².